The molecule has 1 aliphatic rings. The summed E-state index contributed by atoms with van der Waals surface area (Å²) in [7, 11) is 0. The number of nitrogens with zero attached hydrogens (tertiary/aromatic N) is 3. The first kappa shape index (κ1) is 29.7. The molecule has 0 radical (unpaired) electrons. The van der Waals surface area contributed by atoms with Gasteiger partial charge in [-0.25, -0.2) is 9.97 Å². The third-order valence-electron chi connectivity index (χ3n) is 11.1. The van der Waals surface area contributed by atoms with Crippen molar-refractivity contribution in [3.05, 3.63) is 176 Å². The van der Waals surface area contributed by atoms with E-state index in [9.17, 15) is 0 Å². The predicted molar refractivity (Wildman–Crippen MR) is 229 cm³/mol. The minimum absolute atomic E-state index is 0.723. The third kappa shape index (κ3) is 4.29. The summed E-state index contributed by atoms with van der Waals surface area (Å²) in [5, 5.41) is 10.9. The molecular weight excluding hydrogens is 675 g/mol. The molecular formula is C50H29N3S. The molecule has 0 unspecified atom stereocenters. The van der Waals surface area contributed by atoms with Gasteiger partial charge in [0.1, 0.15) is 0 Å². The summed E-state index contributed by atoms with van der Waals surface area (Å²) in [6.45, 7) is 0. The van der Waals surface area contributed by atoms with Gasteiger partial charge < -0.3 is 4.90 Å². The molecule has 54 heavy (non-hydrogen) atoms. The minimum atomic E-state index is 0.723. The fraction of sp³-hybridized carbons (Fsp3) is 0. The Morgan fingerprint density at radius 3 is 1.98 bits per heavy atom. The molecule has 4 heteroatoms. The van der Waals surface area contributed by atoms with E-state index in [1.165, 1.54) is 69.6 Å². The molecule has 0 spiro atoms. The first-order chi connectivity index (χ1) is 26.8. The topological polar surface area (TPSA) is 29.0 Å². The lowest BCUT2D eigenvalue weighted by Crippen LogP contribution is -2.15. The van der Waals surface area contributed by atoms with E-state index in [2.05, 4.69) is 181 Å². The number of aromatic nitrogens is 2. The van der Waals surface area contributed by atoms with Crippen LogP contribution in [0.15, 0.2) is 176 Å². The van der Waals surface area contributed by atoms with Crippen LogP contribution in [0.4, 0.5) is 17.1 Å². The van der Waals surface area contributed by atoms with Gasteiger partial charge in [-0.05, 0) is 75.6 Å². The maximum atomic E-state index is 5.39. The van der Waals surface area contributed by atoms with Crippen LogP contribution in [-0.4, -0.2) is 9.97 Å². The summed E-state index contributed by atoms with van der Waals surface area (Å²) >= 11 is 1.83. The summed E-state index contributed by atoms with van der Waals surface area (Å²) in [6, 6.07) is 63.7. The van der Waals surface area contributed by atoms with Crippen LogP contribution in [-0.2, 0) is 0 Å². The Morgan fingerprint density at radius 1 is 0.389 bits per heavy atom. The standard InChI is InChI=1S/C50H29N3S/c1-2-12-32-29-44-40(28-31(32)11-1)36-18-7-13-30-14-8-22-43(47(30)36)53(44)42-21-9-15-33-27-34(25-26-35(33)42)50-51-41-20-5-3-16-37(41)49(52-50)39-19-10-24-46-48(39)38-17-4-6-23-45(38)54-46/h1-29H. The molecule has 0 N–H and O–H groups in total. The van der Waals surface area contributed by atoms with Gasteiger partial charge in [0.25, 0.3) is 0 Å². The largest absolute Gasteiger partial charge is 0.309 e. The lowest BCUT2D eigenvalue weighted by molar-refractivity contribution is 1.23. The Hall–Kier alpha value is -6.88. The van der Waals surface area contributed by atoms with Gasteiger partial charge in [-0.2, -0.15) is 0 Å². The summed E-state index contributed by atoms with van der Waals surface area (Å²) in [4.78, 5) is 13.0. The molecule has 9 aromatic carbocycles. The molecule has 3 nitrogen and oxygen atoms in total. The molecule has 0 saturated carbocycles. The Bertz CT molecular complexity index is 3350. The minimum Gasteiger partial charge on any atom is -0.309 e. The predicted octanol–water partition coefficient (Wildman–Crippen LogP) is 14.2. The van der Waals surface area contributed by atoms with Gasteiger partial charge in [-0.15, -0.1) is 11.3 Å². The van der Waals surface area contributed by atoms with Crippen LogP contribution in [0.5, 0.6) is 0 Å². The molecule has 250 valence electrons. The van der Waals surface area contributed by atoms with E-state index in [1.807, 2.05) is 11.3 Å². The van der Waals surface area contributed by atoms with Gasteiger partial charge >= 0.3 is 0 Å². The highest BCUT2D eigenvalue weighted by molar-refractivity contribution is 7.25. The molecule has 0 saturated heterocycles. The number of hydrogen-bond acceptors (Lipinski definition) is 4. The van der Waals surface area contributed by atoms with Crippen LogP contribution in [0.1, 0.15) is 0 Å². The zero-order valence-electron chi connectivity index (χ0n) is 29.0. The number of hydrogen-bond donors (Lipinski definition) is 0. The van der Waals surface area contributed by atoms with Crippen molar-refractivity contribution in [1.29, 1.82) is 0 Å². The molecule has 0 atom stereocenters. The van der Waals surface area contributed by atoms with Gasteiger partial charge in [0.2, 0.25) is 0 Å². The summed E-state index contributed by atoms with van der Waals surface area (Å²) in [5.41, 5.74) is 10.1. The van der Waals surface area contributed by atoms with Gasteiger partial charge in [0, 0.05) is 53.0 Å². The van der Waals surface area contributed by atoms with E-state index < -0.39 is 0 Å². The fourth-order valence-corrected chi connectivity index (χ4v) is 9.87. The van der Waals surface area contributed by atoms with Crippen LogP contribution in [0.3, 0.4) is 0 Å². The van der Waals surface area contributed by atoms with Crippen LogP contribution in [0.25, 0.3) is 97.2 Å². The highest BCUT2D eigenvalue weighted by Crippen LogP contribution is 2.53. The van der Waals surface area contributed by atoms with Crippen molar-refractivity contribution in [2.24, 2.45) is 0 Å². The number of fused-ring (bicyclic) bond motifs is 8. The number of para-hydroxylation sites is 1. The maximum Gasteiger partial charge on any atom is 0.160 e. The van der Waals surface area contributed by atoms with E-state index in [4.69, 9.17) is 9.97 Å². The van der Waals surface area contributed by atoms with Gasteiger partial charge in [0.15, 0.2) is 5.82 Å². The quantitative estimate of drug-likeness (QED) is 0.183. The van der Waals surface area contributed by atoms with Crippen molar-refractivity contribution >= 4 is 91.8 Å². The van der Waals surface area contributed by atoms with Crippen LogP contribution in [0, 0.1) is 0 Å². The number of rotatable bonds is 3. The molecule has 0 amide bonds. The first-order valence-corrected chi connectivity index (χ1v) is 19.1. The molecule has 0 bridgehead atoms. The number of benzene rings is 9. The summed E-state index contributed by atoms with van der Waals surface area (Å²) < 4.78 is 2.55. The monoisotopic (exact) mass is 703 g/mol. The van der Waals surface area contributed by atoms with E-state index in [1.54, 1.807) is 0 Å². The van der Waals surface area contributed by atoms with E-state index in [0.29, 0.717) is 0 Å². The normalized spacial score (nSPS) is 12.4. The molecule has 12 rings (SSSR count). The average molecular weight is 704 g/mol. The Labute approximate surface area is 315 Å². The SMILES string of the molecule is c1ccc2cc3c(cc2c1)-c1cccc2cccc(c12)N3c1cccc2cc(-c3nc(-c4cccc5sc6ccccc6c45)c4ccccc4n3)ccc12. The average Bonchev–Trinajstić information content (AvgIpc) is 3.62. The Morgan fingerprint density at radius 2 is 1.07 bits per heavy atom. The van der Waals surface area contributed by atoms with Crippen LogP contribution < -0.4 is 4.90 Å². The van der Waals surface area contributed by atoms with E-state index >= 15 is 0 Å². The lowest BCUT2D eigenvalue weighted by atomic mass is 9.89. The summed E-state index contributed by atoms with van der Waals surface area (Å²) in [6.07, 6.45) is 0. The third-order valence-corrected chi connectivity index (χ3v) is 12.3. The maximum absolute atomic E-state index is 5.39. The van der Waals surface area contributed by atoms with E-state index in [-0.39, 0.29) is 0 Å². The summed E-state index contributed by atoms with van der Waals surface area (Å²) in [5.74, 6) is 0.723. The zero-order valence-corrected chi connectivity index (χ0v) is 29.8. The number of thiophene rings is 1. The second kappa shape index (κ2) is 11.3. The van der Waals surface area contributed by atoms with Crippen molar-refractivity contribution in [2.75, 3.05) is 4.90 Å². The molecule has 0 fully saturated rings. The second-order valence-electron chi connectivity index (χ2n) is 14.1. The van der Waals surface area contributed by atoms with Crippen molar-refractivity contribution < 1.29 is 0 Å². The smallest absolute Gasteiger partial charge is 0.160 e. The van der Waals surface area contributed by atoms with Crippen molar-refractivity contribution in [1.82, 2.24) is 9.97 Å². The van der Waals surface area contributed by atoms with Crippen molar-refractivity contribution in [3.63, 3.8) is 0 Å². The highest BCUT2D eigenvalue weighted by Gasteiger charge is 2.27. The zero-order chi connectivity index (χ0) is 35.3. The lowest BCUT2D eigenvalue weighted by Gasteiger charge is -2.34. The molecule has 2 aromatic heterocycles. The first-order valence-electron chi connectivity index (χ1n) is 18.3. The van der Waals surface area contributed by atoms with Crippen LogP contribution in [0.2, 0.25) is 0 Å². The van der Waals surface area contributed by atoms with Crippen molar-refractivity contribution in [2.45, 2.75) is 0 Å². The Kier molecular flexibility index (Phi) is 6.21. The van der Waals surface area contributed by atoms with Crippen LogP contribution >= 0.6 is 11.3 Å². The molecule has 11 aromatic rings. The van der Waals surface area contributed by atoms with Gasteiger partial charge in [-0.3, -0.25) is 0 Å². The second-order valence-corrected chi connectivity index (χ2v) is 15.2. The molecule has 0 aliphatic carbocycles. The molecule has 3 heterocycles. The Balaban J connectivity index is 1.07. The van der Waals surface area contributed by atoms with Crippen molar-refractivity contribution in [3.8, 4) is 33.8 Å². The highest BCUT2D eigenvalue weighted by atomic mass is 32.1. The molecule has 1 aliphatic heterocycles. The number of anilines is 3. The van der Waals surface area contributed by atoms with Gasteiger partial charge in [0.05, 0.1) is 28.3 Å². The van der Waals surface area contributed by atoms with Gasteiger partial charge in [-0.1, -0.05) is 127 Å². The van der Waals surface area contributed by atoms with E-state index in [0.717, 1.165) is 44.6 Å². The fourth-order valence-electron chi connectivity index (χ4n) is 8.73.